The van der Waals surface area contributed by atoms with Gasteiger partial charge in [0.1, 0.15) is 17.7 Å². The zero-order valence-electron chi connectivity index (χ0n) is 12.9. The standard InChI is InChI=1S/C15H21N5O2/c1-3-22-14-10-13(16-11-17-14)20-8-5-15(21,6-9-20)12-4-7-18-19(12)2/h4,7,10-11,21H,3,5-6,8-9H2,1-2H3. The second kappa shape index (κ2) is 5.92. The molecule has 0 saturated carbocycles. The Hall–Kier alpha value is -2.15. The van der Waals surface area contributed by atoms with Gasteiger partial charge in [0, 0.05) is 32.4 Å². The van der Waals surface area contributed by atoms with Crippen molar-refractivity contribution in [3.63, 3.8) is 0 Å². The van der Waals surface area contributed by atoms with E-state index in [2.05, 4.69) is 20.0 Å². The number of anilines is 1. The van der Waals surface area contributed by atoms with Gasteiger partial charge in [-0.3, -0.25) is 4.68 Å². The monoisotopic (exact) mass is 303 g/mol. The molecule has 0 aliphatic carbocycles. The maximum Gasteiger partial charge on any atom is 0.218 e. The number of hydrogen-bond donors (Lipinski definition) is 1. The minimum atomic E-state index is -0.822. The highest BCUT2D eigenvalue weighted by Gasteiger charge is 2.36. The van der Waals surface area contributed by atoms with Crippen LogP contribution < -0.4 is 9.64 Å². The van der Waals surface area contributed by atoms with E-state index < -0.39 is 5.60 Å². The lowest BCUT2D eigenvalue weighted by Gasteiger charge is -2.38. The average molecular weight is 303 g/mol. The number of aliphatic hydroxyl groups is 1. The molecule has 0 amide bonds. The van der Waals surface area contributed by atoms with Crippen LogP contribution in [0.15, 0.2) is 24.7 Å². The maximum absolute atomic E-state index is 10.9. The summed E-state index contributed by atoms with van der Waals surface area (Å²) in [5.74, 6) is 1.42. The van der Waals surface area contributed by atoms with Crippen molar-refractivity contribution in [2.75, 3.05) is 24.6 Å². The zero-order chi connectivity index (χ0) is 15.6. The number of rotatable bonds is 4. The van der Waals surface area contributed by atoms with E-state index in [-0.39, 0.29) is 0 Å². The van der Waals surface area contributed by atoms with Gasteiger partial charge in [-0.2, -0.15) is 5.10 Å². The van der Waals surface area contributed by atoms with Gasteiger partial charge in [0.2, 0.25) is 5.88 Å². The number of piperidine rings is 1. The maximum atomic E-state index is 10.9. The Morgan fingerprint density at radius 1 is 1.32 bits per heavy atom. The lowest BCUT2D eigenvalue weighted by Crippen LogP contribution is -2.43. The van der Waals surface area contributed by atoms with E-state index in [4.69, 9.17) is 4.74 Å². The minimum Gasteiger partial charge on any atom is -0.478 e. The zero-order valence-corrected chi connectivity index (χ0v) is 12.9. The predicted octanol–water partition coefficient (Wildman–Crippen LogP) is 1.10. The summed E-state index contributed by atoms with van der Waals surface area (Å²) in [6.45, 7) is 3.96. The molecule has 0 bridgehead atoms. The Morgan fingerprint density at radius 3 is 2.73 bits per heavy atom. The summed E-state index contributed by atoms with van der Waals surface area (Å²) >= 11 is 0. The highest BCUT2D eigenvalue weighted by atomic mass is 16.5. The summed E-state index contributed by atoms with van der Waals surface area (Å²) in [7, 11) is 1.86. The minimum absolute atomic E-state index is 0.580. The lowest BCUT2D eigenvalue weighted by atomic mass is 9.88. The van der Waals surface area contributed by atoms with Crippen LogP contribution in [0.4, 0.5) is 5.82 Å². The molecule has 3 heterocycles. The summed E-state index contributed by atoms with van der Waals surface area (Å²) in [5, 5.41) is 15.0. The van der Waals surface area contributed by atoms with E-state index in [1.165, 1.54) is 6.33 Å². The van der Waals surface area contributed by atoms with E-state index in [1.54, 1.807) is 10.9 Å². The summed E-state index contributed by atoms with van der Waals surface area (Å²) in [6.07, 6.45) is 4.52. The first-order valence-electron chi connectivity index (χ1n) is 7.53. The third kappa shape index (κ3) is 2.76. The fraction of sp³-hybridized carbons (Fsp3) is 0.533. The molecule has 2 aromatic heterocycles. The smallest absolute Gasteiger partial charge is 0.218 e. The van der Waals surface area contributed by atoms with Crippen LogP contribution in [-0.2, 0) is 12.6 Å². The van der Waals surface area contributed by atoms with Crippen LogP contribution in [0.1, 0.15) is 25.5 Å². The van der Waals surface area contributed by atoms with Crippen LogP contribution in [0.5, 0.6) is 5.88 Å². The number of hydrogen-bond acceptors (Lipinski definition) is 6. The second-order valence-corrected chi connectivity index (χ2v) is 5.51. The summed E-state index contributed by atoms with van der Waals surface area (Å²) in [5.41, 5.74) is 0.0437. The van der Waals surface area contributed by atoms with Crippen molar-refractivity contribution in [2.24, 2.45) is 7.05 Å². The van der Waals surface area contributed by atoms with Crippen LogP contribution in [-0.4, -0.2) is 44.6 Å². The molecule has 22 heavy (non-hydrogen) atoms. The Labute approximate surface area is 129 Å². The second-order valence-electron chi connectivity index (χ2n) is 5.51. The number of ether oxygens (including phenoxy) is 1. The van der Waals surface area contributed by atoms with Crippen molar-refractivity contribution in [1.29, 1.82) is 0 Å². The molecular weight excluding hydrogens is 282 g/mol. The normalized spacial score (nSPS) is 17.5. The Kier molecular flexibility index (Phi) is 3.98. The molecule has 1 saturated heterocycles. The topological polar surface area (TPSA) is 76.3 Å². The molecule has 7 heteroatoms. The molecule has 1 fully saturated rings. The summed E-state index contributed by atoms with van der Waals surface area (Å²) in [6, 6.07) is 3.73. The van der Waals surface area contributed by atoms with E-state index in [9.17, 15) is 5.11 Å². The van der Waals surface area contributed by atoms with Crippen molar-refractivity contribution in [2.45, 2.75) is 25.4 Å². The highest BCUT2D eigenvalue weighted by Crippen LogP contribution is 2.33. The van der Waals surface area contributed by atoms with Crippen molar-refractivity contribution >= 4 is 5.82 Å². The predicted molar refractivity (Wildman–Crippen MR) is 81.8 cm³/mol. The van der Waals surface area contributed by atoms with Crippen molar-refractivity contribution in [3.8, 4) is 5.88 Å². The van der Waals surface area contributed by atoms with Crippen LogP contribution >= 0.6 is 0 Å². The van der Waals surface area contributed by atoms with Crippen LogP contribution in [0.25, 0.3) is 0 Å². The molecule has 0 spiro atoms. The molecule has 7 nitrogen and oxygen atoms in total. The molecule has 1 aliphatic heterocycles. The quantitative estimate of drug-likeness (QED) is 0.911. The Morgan fingerprint density at radius 2 is 2.09 bits per heavy atom. The third-order valence-electron chi connectivity index (χ3n) is 4.13. The van der Waals surface area contributed by atoms with Gasteiger partial charge in [0.25, 0.3) is 0 Å². The molecule has 3 rings (SSSR count). The van der Waals surface area contributed by atoms with Crippen molar-refractivity contribution < 1.29 is 9.84 Å². The van der Waals surface area contributed by atoms with Crippen LogP contribution in [0.2, 0.25) is 0 Å². The van der Waals surface area contributed by atoms with Gasteiger partial charge in [-0.05, 0) is 25.8 Å². The Balaban J connectivity index is 1.71. The number of aryl methyl sites for hydroxylation is 1. The fourth-order valence-electron chi connectivity index (χ4n) is 2.92. The van der Waals surface area contributed by atoms with E-state index in [1.807, 2.05) is 26.1 Å². The van der Waals surface area contributed by atoms with Gasteiger partial charge < -0.3 is 14.7 Å². The van der Waals surface area contributed by atoms with E-state index in [0.717, 1.165) is 24.6 Å². The molecule has 0 unspecified atom stereocenters. The molecule has 0 aromatic carbocycles. The first-order chi connectivity index (χ1) is 10.6. The molecule has 118 valence electrons. The lowest BCUT2D eigenvalue weighted by molar-refractivity contribution is 0.00403. The first kappa shape index (κ1) is 14.8. The molecule has 1 aliphatic rings. The molecule has 0 atom stereocenters. The number of nitrogens with zero attached hydrogens (tertiary/aromatic N) is 5. The van der Waals surface area contributed by atoms with Gasteiger partial charge >= 0.3 is 0 Å². The Bertz CT molecular complexity index is 634. The molecule has 1 N–H and O–H groups in total. The van der Waals surface area contributed by atoms with Gasteiger partial charge in [-0.25, -0.2) is 9.97 Å². The van der Waals surface area contributed by atoms with Crippen LogP contribution in [0, 0.1) is 0 Å². The van der Waals surface area contributed by atoms with E-state index >= 15 is 0 Å². The third-order valence-corrected chi connectivity index (χ3v) is 4.13. The largest absolute Gasteiger partial charge is 0.478 e. The fourth-order valence-corrected chi connectivity index (χ4v) is 2.92. The molecular formula is C15H21N5O2. The summed E-state index contributed by atoms with van der Waals surface area (Å²) < 4.78 is 7.16. The van der Waals surface area contributed by atoms with Gasteiger partial charge in [-0.15, -0.1) is 0 Å². The number of aromatic nitrogens is 4. The van der Waals surface area contributed by atoms with E-state index in [0.29, 0.717) is 25.3 Å². The van der Waals surface area contributed by atoms with Gasteiger partial charge in [0.05, 0.1) is 12.3 Å². The van der Waals surface area contributed by atoms with Gasteiger partial charge in [0.15, 0.2) is 0 Å². The van der Waals surface area contributed by atoms with Crippen LogP contribution in [0.3, 0.4) is 0 Å². The first-order valence-corrected chi connectivity index (χ1v) is 7.53. The SMILES string of the molecule is CCOc1cc(N2CCC(O)(c3ccnn3C)CC2)ncn1. The molecule has 2 aromatic rings. The summed E-state index contributed by atoms with van der Waals surface area (Å²) in [4.78, 5) is 10.5. The molecule has 0 radical (unpaired) electrons. The average Bonchev–Trinajstić information content (AvgIpc) is 2.96. The highest BCUT2D eigenvalue weighted by molar-refractivity contribution is 5.41. The van der Waals surface area contributed by atoms with Crippen molar-refractivity contribution in [1.82, 2.24) is 19.7 Å². The van der Waals surface area contributed by atoms with Gasteiger partial charge in [-0.1, -0.05) is 0 Å². The van der Waals surface area contributed by atoms with Crippen molar-refractivity contribution in [3.05, 3.63) is 30.4 Å².